The topological polar surface area (TPSA) is 137 Å². The summed E-state index contributed by atoms with van der Waals surface area (Å²) in [5.41, 5.74) is 1.88. The Hall–Kier alpha value is -4.33. The van der Waals surface area contributed by atoms with Crippen molar-refractivity contribution in [3.05, 3.63) is 36.2 Å². The van der Waals surface area contributed by atoms with Gasteiger partial charge in [0, 0.05) is 37.6 Å². The summed E-state index contributed by atoms with van der Waals surface area (Å²) in [6.07, 6.45) is 4.15. The highest BCUT2D eigenvalue weighted by molar-refractivity contribution is 5.85. The number of aromatic amines is 1. The maximum absolute atomic E-state index is 12.4. The number of carbonyl (C=O) groups excluding carboxylic acids is 2. The number of unbranched alkanes of at least 4 members (excludes halogenated alkanes) is 1. The second-order valence-electron chi connectivity index (χ2n) is 9.75. The number of anilines is 3. The predicted octanol–water partition coefficient (Wildman–Crippen LogP) is 4.03. The fourth-order valence-corrected chi connectivity index (χ4v) is 3.35. The Labute approximate surface area is 223 Å². The van der Waals surface area contributed by atoms with E-state index in [4.69, 9.17) is 4.74 Å². The molecule has 0 aliphatic heterocycles. The molecule has 2 heterocycles. The van der Waals surface area contributed by atoms with Crippen LogP contribution in [-0.2, 0) is 9.53 Å². The number of nitrogens with one attached hydrogen (secondary N) is 4. The third-order valence-electron chi connectivity index (χ3n) is 5.47. The van der Waals surface area contributed by atoms with Crippen LogP contribution in [0.25, 0.3) is 10.9 Å². The molecule has 0 radical (unpaired) electrons. The lowest BCUT2D eigenvalue weighted by Gasteiger charge is -2.28. The third-order valence-corrected chi connectivity index (χ3v) is 5.47. The van der Waals surface area contributed by atoms with Crippen molar-refractivity contribution >= 4 is 40.4 Å². The molecule has 1 aromatic carbocycles. The zero-order valence-corrected chi connectivity index (χ0v) is 22.8. The first-order valence-corrected chi connectivity index (χ1v) is 12.6. The van der Waals surface area contributed by atoms with E-state index in [1.807, 2.05) is 25.1 Å². The minimum absolute atomic E-state index is 0.246. The number of likely N-dealkylation sites (N-methyl/N-ethyl adjacent to an activating group) is 1. The van der Waals surface area contributed by atoms with Crippen LogP contribution in [0, 0.1) is 11.8 Å². The van der Waals surface area contributed by atoms with E-state index in [2.05, 4.69) is 48.0 Å². The lowest BCUT2D eigenvalue weighted by atomic mass is 10.2. The number of benzene rings is 1. The summed E-state index contributed by atoms with van der Waals surface area (Å²) in [5.74, 6) is 7.10. The second-order valence-corrected chi connectivity index (χ2v) is 9.75. The number of aromatic nitrogens is 4. The zero-order chi connectivity index (χ0) is 27.7. The van der Waals surface area contributed by atoms with Gasteiger partial charge in [-0.15, -0.1) is 0 Å². The largest absolute Gasteiger partial charge is 0.444 e. The molecule has 3 rings (SSSR count). The molecule has 11 heteroatoms. The number of fused-ring (bicyclic) bond motifs is 1. The number of amides is 2. The molecule has 38 heavy (non-hydrogen) atoms. The molecule has 2 amide bonds. The standard InChI is InChI=1S/C27H36N8O3/c1-7-28-23-19(16-30-25(33-23)32-21-12-13-22-20(15-21)17-31-34-22)11-9-8-10-14-29-24(36)18(2)35(6)26(37)38-27(3,4)5/h12-13,15-18H,7-8,10,14H2,1-6H3,(H,29,36)(H,31,34)(H2,28,30,32,33)/t18-/m0/s1. The van der Waals surface area contributed by atoms with Crippen molar-refractivity contribution < 1.29 is 14.3 Å². The highest BCUT2D eigenvalue weighted by atomic mass is 16.6. The van der Waals surface area contributed by atoms with Crippen LogP contribution in [0.3, 0.4) is 0 Å². The van der Waals surface area contributed by atoms with Gasteiger partial charge in [-0.05, 0) is 59.2 Å². The predicted molar refractivity (Wildman–Crippen MR) is 148 cm³/mol. The van der Waals surface area contributed by atoms with Gasteiger partial charge in [-0.2, -0.15) is 10.1 Å². The maximum atomic E-state index is 12.4. The van der Waals surface area contributed by atoms with Crippen LogP contribution >= 0.6 is 0 Å². The van der Waals surface area contributed by atoms with Crippen molar-refractivity contribution in [2.75, 3.05) is 30.8 Å². The van der Waals surface area contributed by atoms with E-state index < -0.39 is 17.7 Å². The lowest BCUT2D eigenvalue weighted by molar-refractivity contribution is -0.125. The minimum Gasteiger partial charge on any atom is -0.444 e. The minimum atomic E-state index is -0.649. The monoisotopic (exact) mass is 520 g/mol. The first kappa shape index (κ1) is 28.2. The van der Waals surface area contributed by atoms with Gasteiger partial charge in [-0.25, -0.2) is 9.78 Å². The van der Waals surface area contributed by atoms with E-state index >= 15 is 0 Å². The molecule has 0 aliphatic rings. The maximum Gasteiger partial charge on any atom is 0.410 e. The van der Waals surface area contributed by atoms with Crippen molar-refractivity contribution in [2.24, 2.45) is 0 Å². The third kappa shape index (κ3) is 8.09. The Balaban J connectivity index is 1.50. The van der Waals surface area contributed by atoms with E-state index in [0.717, 1.165) is 16.6 Å². The molecular weight excluding hydrogens is 484 g/mol. The number of rotatable bonds is 9. The van der Waals surface area contributed by atoms with Crippen LogP contribution in [0.2, 0.25) is 0 Å². The average Bonchev–Trinajstić information content (AvgIpc) is 3.33. The number of ether oxygens (including phenoxy) is 1. The fourth-order valence-electron chi connectivity index (χ4n) is 3.35. The molecule has 0 aliphatic carbocycles. The van der Waals surface area contributed by atoms with Gasteiger partial charge < -0.3 is 20.7 Å². The van der Waals surface area contributed by atoms with E-state index in [-0.39, 0.29) is 5.91 Å². The highest BCUT2D eigenvalue weighted by Crippen LogP contribution is 2.21. The van der Waals surface area contributed by atoms with E-state index in [1.54, 1.807) is 47.1 Å². The zero-order valence-electron chi connectivity index (χ0n) is 22.8. The molecule has 1 atom stereocenters. The van der Waals surface area contributed by atoms with Crippen LogP contribution in [0.5, 0.6) is 0 Å². The molecule has 0 bridgehead atoms. The second kappa shape index (κ2) is 12.8. The van der Waals surface area contributed by atoms with Gasteiger partial charge >= 0.3 is 6.09 Å². The number of hydrogen-bond acceptors (Lipinski definition) is 8. The van der Waals surface area contributed by atoms with Crippen LogP contribution < -0.4 is 16.0 Å². The van der Waals surface area contributed by atoms with Crippen LogP contribution in [-0.4, -0.2) is 68.8 Å². The van der Waals surface area contributed by atoms with E-state index in [9.17, 15) is 9.59 Å². The van der Waals surface area contributed by atoms with Crippen molar-refractivity contribution in [1.82, 2.24) is 30.4 Å². The van der Waals surface area contributed by atoms with Gasteiger partial charge in [-0.1, -0.05) is 11.8 Å². The van der Waals surface area contributed by atoms with Gasteiger partial charge in [0.05, 0.1) is 23.5 Å². The van der Waals surface area contributed by atoms with E-state index in [1.165, 1.54) is 4.90 Å². The summed E-state index contributed by atoms with van der Waals surface area (Å²) in [5, 5.41) is 17.3. The van der Waals surface area contributed by atoms with Crippen molar-refractivity contribution in [2.45, 2.75) is 59.1 Å². The normalized spacial score (nSPS) is 11.7. The summed E-state index contributed by atoms with van der Waals surface area (Å²) in [6, 6.07) is 5.19. The van der Waals surface area contributed by atoms with Crippen molar-refractivity contribution in [3.8, 4) is 11.8 Å². The molecule has 0 unspecified atom stereocenters. The van der Waals surface area contributed by atoms with Crippen LogP contribution in [0.15, 0.2) is 30.6 Å². The van der Waals surface area contributed by atoms with Crippen molar-refractivity contribution in [3.63, 3.8) is 0 Å². The van der Waals surface area contributed by atoms with Gasteiger partial charge in [0.25, 0.3) is 0 Å². The highest BCUT2D eigenvalue weighted by Gasteiger charge is 2.26. The van der Waals surface area contributed by atoms with Gasteiger partial charge in [0.1, 0.15) is 17.5 Å². The molecule has 0 spiro atoms. The Bertz CT molecular complexity index is 1320. The van der Waals surface area contributed by atoms with E-state index in [0.29, 0.717) is 43.3 Å². The average molecular weight is 521 g/mol. The quantitative estimate of drug-likeness (QED) is 0.245. The Morgan fingerprint density at radius 3 is 2.76 bits per heavy atom. The molecule has 0 saturated carbocycles. The SMILES string of the molecule is CCNc1nc(Nc2ccc3[nH]ncc3c2)ncc1C#CCCCNC(=O)[C@H](C)N(C)C(=O)OC(C)(C)C. The summed E-state index contributed by atoms with van der Waals surface area (Å²) in [6.45, 7) is 10.1. The van der Waals surface area contributed by atoms with Gasteiger partial charge in [0.15, 0.2) is 0 Å². The first-order valence-electron chi connectivity index (χ1n) is 12.6. The number of carbonyl (C=O) groups is 2. The Morgan fingerprint density at radius 1 is 1.24 bits per heavy atom. The number of nitrogens with zero attached hydrogens (tertiary/aromatic N) is 4. The Kier molecular flexibility index (Phi) is 9.49. The molecule has 202 valence electrons. The molecule has 0 fully saturated rings. The van der Waals surface area contributed by atoms with Crippen LogP contribution in [0.4, 0.5) is 22.2 Å². The van der Waals surface area contributed by atoms with Crippen LogP contribution in [0.1, 0.15) is 53.0 Å². The molecule has 0 saturated heterocycles. The van der Waals surface area contributed by atoms with Gasteiger partial charge in [0.2, 0.25) is 11.9 Å². The summed E-state index contributed by atoms with van der Waals surface area (Å²) < 4.78 is 5.31. The fraction of sp³-hybridized carbons (Fsp3) is 0.444. The number of hydrogen-bond donors (Lipinski definition) is 4. The smallest absolute Gasteiger partial charge is 0.410 e. The summed E-state index contributed by atoms with van der Waals surface area (Å²) >= 11 is 0. The molecule has 4 N–H and O–H groups in total. The molecule has 2 aromatic heterocycles. The number of H-pyrrole nitrogens is 1. The first-order chi connectivity index (χ1) is 18.1. The van der Waals surface area contributed by atoms with Crippen molar-refractivity contribution in [1.29, 1.82) is 0 Å². The molecular formula is C27H36N8O3. The Morgan fingerprint density at radius 2 is 2.03 bits per heavy atom. The molecule has 11 nitrogen and oxygen atoms in total. The lowest BCUT2D eigenvalue weighted by Crippen LogP contribution is -2.47. The summed E-state index contributed by atoms with van der Waals surface area (Å²) in [4.78, 5) is 34.8. The summed E-state index contributed by atoms with van der Waals surface area (Å²) in [7, 11) is 1.55. The molecule has 3 aromatic rings. The van der Waals surface area contributed by atoms with Gasteiger partial charge in [-0.3, -0.25) is 14.8 Å².